The summed E-state index contributed by atoms with van der Waals surface area (Å²) in [6, 6.07) is 7.05. The molecule has 0 radical (unpaired) electrons. The molecule has 2 aromatic heterocycles. The van der Waals surface area contributed by atoms with Gasteiger partial charge in [-0.05, 0) is 12.1 Å². The summed E-state index contributed by atoms with van der Waals surface area (Å²) in [5.41, 5.74) is 7.68. The Bertz CT molecular complexity index is 1070. The quantitative estimate of drug-likeness (QED) is 0.300. The average Bonchev–Trinajstić information content (AvgIpc) is 3.10. The largest absolute Gasteiger partial charge is 0.494 e. The number of nitrogens with two attached hydrogens (primary N) is 2. The molecule has 0 amide bonds. The van der Waals surface area contributed by atoms with Gasteiger partial charge in [0.05, 0.1) is 25.6 Å². The van der Waals surface area contributed by atoms with Crippen molar-refractivity contribution in [2.45, 2.75) is 13.1 Å². The van der Waals surface area contributed by atoms with Crippen LogP contribution in [-0.4, -0.2) is 49.9 Å². The molecule has 2 heterocycles. The molecule has 28 heavy (non-hydrogen) atoms. The van der Waals surface area contributed by atoms with Gasteiger partial charge in [0.2, 0.25) is 5.95 Å². The summed E-state index contributed by atoms with van der Waals surface area (Å²) in [6.07, 6.45) is 3.03. The number of carboxylic acids is 1. The van der Waals surface area contributed by atoms with Crippen molar-refractivity contribution in [1.82, 2.24) is 19.7 Å². The summed E-state index contributed by atoms with van der Waals surface area (Å²) < 4.78 is 6.63. The number of hydrazone groups is 1. The van der Waals surface area contributed by atoms with E-state index in [9.17, 15) is 4.79 Å². The lowest BCUT2D eigenvalue weighted by molar-refractivity contribution is -0.137. The zero-order valence-electron chi connectivity index (χ0n) is 15.0. The minimum atomic E-state index is -0.973. The third-order valence-electron chi connectivity index (χ3n) is 3.77. The zero-order chi connectivity index (χ0) is 20.1. The van der Waals surface area contributed by atoms with Crippen LogP contribution in [0.25, 0.3) is 10.9 Å². The minimum Gasteiger partial charge on any atom is -0.494 e. The molecule has 5 N–H and O–H groups in total. The molecule has 0 atom stereocenters. The number of carboxylic acid groups (broad SMARTS) is 1. The van der Waals surface area contributed by atoms with Crippen molar-refractivity contribution in [1.29, 1.82) is 0 Å². The molecule has 0 spiro atoms. The molecule has 144 valence electrons. The highest BCUT2D eigenvalue weighted by Gasteiger charge is 2.14. The number of para-hydroxylation sites is 1. The normalized spacial score (nSPS) is 12.0. The van der Waals surface area contributed by atoms with E-state index in [1.54, 1.807) is 30.5 Å². The Balaban J connectivity index is 1.87. The fraction of sp³-hybridized carbons (Fsp3) is 0.176. The van der Waals surface area contributed by atoms with E-state index in [0.29, 0.717) is 33.8 Å². The summed E-state index contributed by atoms with van der Waals surface area (Å²) in [6.45, 7) is 0.000710. The van der Waals surface area contributed by atoms with Crippen LogP contribution < -0.4 is 16.3 Å². The molecule has 0 aliphatic carbocycles. The molecule has 0 aliphatic heterocycles. The standard InChI is InChI=1S/C17H18N8O3/c1-28-13-4-2-3-11-15(21-17(18)22-16(11)13)12(23-19)8-20-7-10-5-6-25(24-10)9-14(26)27/h2-6,8H,7,9,19H2,1H3,(H,26,27)(H2,18,21,22). The molecule has 3 rings (SSSR count). The fourth-order valence-electron chi connectivity index (χ4n) is 2.60. The van der Waals surface area contributed by atoms with Gasteiger partial charge in [0, 0.05) is 11.6 Å². The van der Waals surface area contributed by atoms with E-state index in [-0.39, 0.29) is 19.0 Å². The van der Waals surface area contributed by atoms with Crippen LogP contribution >= 0.6 is 0 Å². The van der Waals surface area contributed by atoms with E-state index < -0.39 is 5.97 Å². The first-order valence-corrected chi connectivity index (χ1v) is 8.14. The predicted octanol–water partition coefficient (Wildman–Crippen LogP) is 0.435. The van der Waals surface area contributed by atoms with Crippen LogP contribution in [0, 0.1) is 0 Å². The van der Waals surface area contributed by atoms with Crippen molar-refractivity contribution in [2.24, 2.45) is 15.9 Å². The van der Waals surface area contributed by atoms with Gasteiger partial charge in [0.1, 0.15) is 29.2 Å². The first-order valence-electron chi connectivity index (χ1n) is 8.14. The van der Waals surface area contributed by atoms with Crippen LogP contribution in [0.1, 0.15) is 11.4 Å². The van der Waals surface area contributed by atoms with Crippen molar-refractivity contribution in [3.05, 3.63) is 41.9 Å². The molecule has 0 saturated carbocycles. The number of hydrogen-bond acceptors (Lipinski definition) is 9. The maximum atomic E-state index is 10.7. The Labute approximate surface area is 159 Å². The van der Waals surface area contributed by atoms with E-state index in [4.69, 9.17) is 21.4 Å². The first kappa shape index (κ1) is 18.8. The van der Waals surface area contributed by atoms with Crippen LogP contribution in [0.3, 0.4) is 0 Å². The monoisotopic (exact) mass is 382 g/mol. The lowest BCUT2D eigenvalue weighted by atomic mass is 10.1. The lowest BCUT2D eigenvalue weighted by Crippen LogP contribution is -2.12. The molecule has 1 aromatic carbocycles. The summed E-state index contributed by atoms with van der Waals surface area (Å²) in [5, 5.41) is 17.3. The number of hydrogen-bond donors (Lipinski definition) is 3. The van der Waals surface area contributed by atoms with Gasteiger partial charge >= 0.3 is 5.97 Å². The number of rotatable bonds is 7. The molecule has 0 unspecified atom stereocenters. The summed E-state index contributed by atoms with van der Waals surface area (Å²) >= 11 is 0. The second-order valence-electron chi connectivity index (χ2n) is 5.67. The molecule has 3 aromatic rings. The number of aromatic nitrogens is 4. The van der Waals surface area contributed by atoms with Gasteiger partial charge in [-0.25, -0.2) is 9.97 Å². The minimum absolute atomic E-state index is 0.0500. The van der Waals surface area contributed by atoms with Crippen LogP contribution in [0.2, 0.25) is 0 Å². The fourth-order valence-corrected chi connectivity index (χ4v) is 2.60. The molecular formula is C17H18N8O3. The number of carbonyl (C=O) groups is 1. The highest BCUT2D eigenvalue weighted by atomic mass is 16.5. The molecule has 0 aliphatic rings. The van der Waals surface area contributed by atoms with E-state index in [0.717, 1.165) is 0 Å². The highest BCUT2D eigenvalue weighted by Crippen LogP contribution is 2.26. The average molecular weight is 382 g/mol. The number of benzene rings is 1. The van der Waals surface area contributed by atoms with Gasteiger partial charge in [0.15, 0.2) is 0 Å². The summed E-state index contributed by atoms with van der Waals surface area (Å²) in [5.74, 6) is 5.16. The van der Waals surface area contributed by atoms with Gasteiger partial charge in [0.25, 0.3) is 0 Å². The number of nitrogen functional groups attached to an aromatic ring is 1. The Morgan fingerprint density at radius 2 is 2.18 bits per heavy atom. The van der Waals surface area contributed by atoms with Crippen LogP contribution in [0.4, 0.5) is 5.95 Å². The van der Waals surface area contributed by atoms with E-state index >= 15 is 0 Å². The maximum Gasteiger partial charge on any atom is 0.325 e. The number of anilines is 1. The second-order valence-corrected chi connectivity index (χ2v) is 5.67. The SMILES string of the molecule is COc1cccc2c(C(C=NCc3ccn(CC(=O)O)n3)=NN)nc(N)nc12. The zero-order valence-corrected chi connectivity index (χ0v) is 15.0. The van der Waals surface area contributed by atoms with E-state index in [1.807, 2.05) is 0 Å². The van der Waals surface area contributed by atoms with Gasteiger partial charge in [-0.15, -0.1) is 0 Å². The van der Waals surface area contributed by atoms with Crippen LogP contribution in [0.5, 0.6) is 5.75 Å². The Hall–Kier alpha value is -4.02. The van der Waals surface area contributed by atoms with Crippen LogP contribution in [-0.2, 0) is 17.9 Å². The topological polar surface area (TPSA) is 167 Å². The van der Waals surface area contributed by atoms with Gasteiger partial charge in [-0.3, -0.25) is 14.5 Å². The van der Waals surface area contributed by atoms with E-state index in [2.05, 4.69) is 25.2 Å². The number of fused-ring (bicyclic) bond motifs is 1. The smallest absolute Gasteiger partial charge is 0.325 e. The van der Waals surface area contributed by atoms with Crippen LogP contribution in [0.15, 0.2) is 40.6 Å². The highest BCUT2D eigenvalue weighted by molar-refractivity contribution is 6.40. The molecule has 11 heteroatoms. The molecule has 0 fully saturated rings. The summed E-state index contributed by atoms with van der Waals surface area (Å²) in [4.78, 5) is 23.4. The maximum absolute atomic E-state index is 10.7. The molecule has 0 saturated heterocycles. The lowest BCUT2D eigenvalue weighted by Gasteiger charge is -2.09. The molecule has 0 bridgehead atoms. The van der Waals surface area contributed by atoms with Crippen molar-refractivity contribution in [3.63, 3.8) is 0 Å². The van der Waals surface area contributed by atoms with E-state index in [1.165, 1.54) is 18.0 Å². The molecular weight excluding hydrogens is 364 g/mol. The third kappa shape index (κ3) is 4.03. The van der Waals surface area contributed by atoms with Gasteiger partial charge < -0.3 is 21.4 Å². The number of aliphatic imine (C=N–C) groups is 1. The summed E-state index contributed by atoms with van der Waals surface area (Å²) in [7, 11) is 1.54. The van der Waals surface area contributed by atoms with Crippen molar-refractivity contribution < 1.29 is 14.6 Å². The second kappa shape index (κ2) is 8.12. The van der Waals surface area contributed by atoms with Crippen molar-refractivity contribution in [2.75, 3.05) is 12.8 Å². The molecule has 11 nitrogen and oxygen atoms in total. The Morgan fingerprint density at radius 1 is 1.36 bits per heavy atom. The van der Waals surface area contributed by atoms with Crippen molar-refractivity contribution in [3.8, 4) is 5.75 Å². The van der Waals surface area contributed by atoms with Gasteiger partial charge in [-0.1, -0.05) is 12.1 Å². The predicted molar refractivity (Wildman–Crippen MR) is 103 cm³/mol. The Kier molecular flexibility index (Phi) is 5.44. The number of methoxy groups -OCH3 is 1. The number of nitrogens with zero attached hydrogens (tertiary/aromatic N) is 6. The number of ether oxygens (including phenoxy) is 1. The van der Waals surface area contributed by atoms with Crippen molar-refractivity contribution >= 4 is 34.7 Å². The Morgan fingerprint density at radius 3 is 2.89 bits per heavy atom. The number of aliphatic carboxylic acids is 1. The van der Waals surface area contributed by atoms with Gasteiger partial charge in [-0.2, -0.15) is 10.2 Å². The first-order chi connectivity index (χ1) is 13.5. The third-order valence-corrected chi connectivity index (χ3v) is 3.77.